The first-order valence-corrected chi connectivity index (χ1v) is 9.43. The molecule has 0 aliphatic heterocycles. The lowest BCUT2D eigenvalue weighted by atomic mass is 9.77. The summed E-state index contributed by atoms with van der Waals surface area (Å²) in [7, 11) is 0. The van der Waals surface area contributed by atoms with Crippen molar-refractivity contribution in [1.82, 2.24) is 0 Å². The molecule has 0 heterocycles. The molecular weight excluding hydrogens is 332 g/mol. The lowest BCUT2D eigenvalue weighted by Crippen LogP contribution is -2.35. The first-order valence-electron chi connectivity index (χ1n) is 9.43. The van der Waals surface area contributed by atoms with Crippen molar-refractivity contribution in [2.45, 2.75) is 57.8 Å². The van der Waals surface area contributed by atoms with Crippen molar-refractivity contribution >= 4 is 29.2 Å². The van der Waals surface area contributed by atoms with Crippen molar-refractivity contribution in [3.63, 3.8) is 0 Å². The van der Waals surface area contributed by atoms with Crippen LogP contribution in [0.15, 0.2) is 24.3 Å². The maximum absolute atomic E-state index is 12.4. The van der Waals surface area contributed by atoms with Gasteiger partial charge < -0.3 is 15.7 Å². The van der Waals surface area contributed by atoms with Gasteiger partial charge in [0.25, 0.3) is 0 Å². The van der Waals surface area contributed by atoms with Crippen LogP contribution in [0.1, 0.15) is 57.8 Å². The van der Waals surface area contributed by atoms with Crippen LogP contribution in [-0.4, -0.2) is 22.9 Å². The first kappa shape index (κ1) is 18.4. The number of hydrogen-bond donors (Lipinski definition) is 3. The second-order valence-electron chi connectivity index (χ2n) is 7.57. The topological polar surface area (TPSA) is 95.5 Å². The molecule has 6 heteroatoms. The standard InChI is InChI=1S/C20H26N2O4/c23-17(13-20(19(25)26)11-3-1-2-4-12-20)21-15-7-9-16(10-8-15)22-18(24)14-5-6-14/h7-10,14H,1-6,11-13H2,(H,21,23)(H,22,24)(H,25,26). The Hall–Kier alpha value is -2.37. The third-order valence-electron chi connectivity index (χ3n) is 5.40. The molecule has 3 N–H and O–H groups in total. The molecule has 0 spiro atoms. The van der Waals surface area contributed by atoms with E-state index in [-0.39, 0.29) is 24.2 Å². The van der Waals surface area contributed by atoms with E-state index in [0.29, 0.717) is 24.2 Å². The molecule has 0 radical (unpaired) electrons. The van der Waals surface area contributed by atoms with Crippen LogP contribution in [0.3, 0.4) is 0 Å². The number of rotatable bonds is 6. The zero-order chi connectivity index (χ0) is 18.6. The predicted octanol–water partition coefficient (Wildman–Crippen LogP) is 3.79. The van der Waals surface area contributed by atoms with E-state index in [4.69, 9.17) is 0 Å². The summed E-state index contributed by atoms with van der Waals surface area (Å²) in [5.74, 6) is -0.962. The molecule has 0 unspecified atom stereocenters. The molecule has 2 fully saturated rings. The van der Waals surface area contributed by atoms with Gasteiger partial charge in [0.05, 0.1) is 5.41 Å². The molecule has 0 bridgehead atoms. The highest BCUT2D eigenvalue weighted by Crippen LogP contribution is 2.38. The van der Waals surface area contributed by atoms with Gasteiger partial charge in [0.1, 0.15) is 0 Å². The Labute approximate surface area is 153 Å². The van der Waals surface area contributed by atoms with E-state index >= 15 is 0 Å². The monoisotopic (exact) mass is 358 g/mol. The predicted molar refractivity (Wildman–Crippen MR) is 98.8 cm³/mol. The van der Waals surface area contributed by atoms with Gasteiger partial charge in [0.15, 0.2) is 0 Å². The van der Waals surface area contributed by atoms with Gasteiger partial charge in [-0.25, -0.2) is 0 Å². The normalized spacial score (nSPS) is 19.2. The number of carboxylic acids is 1. The van der Waals surface area contributed by atoms with Crippen molar-refractivity contribution in [3.05, 3.63) is 24.3 Å². The van der Waals surface area contributed by atoms with Gasteiger partial charge in [0, 0.05) is 23.7 Å². The van der Waals surface area contributed by atoms with Crippen LogP contribution >= 0.6 is 0 Å². The number of aliphatic carboxylic acids is 1. The van der Waals surface area contributed by atoms with Crippen LogP contribution in [0.5, 0.6) is 0 Å². The van der Waals surface area contributed by atoms with Gasteiger partial charge in [-0.05, 0) is 49.9 Å². The minimum atomic E-state index is -0.946. The SMILES string of the molecule is O=C(CC1(C(=O)O)CCCCCC1)Nc1ccc(NC(=O)C2CC2)cc1. The Kier molecular flexibility index (Phi) is 5.59. The summed E-state index contributed by atoms with van der Waals surface area (Å²) >= 11 is 0. The van der Waals surface area contributed by atoms with E-state index in [9.17, 15) is 19.5 Å². The maximum Gasteiger partial charge on any atom is 0.310 e. The summed E-state index contributed by atoms with van der Waals surface area (Å²) in [5, 5.41) is 15.3. The van der Waals surface area contributed by atoms with Gasteiger partial charge in [-0.3, -0.25) is 14.4 Å². The Bertz CT molecular complexity index is 672. The van der Waals surface area contributed by atoms with E-state index in [1.807, 2.05) is 0 Å². The van der Waals surface area contributed by atoms with Gasteiger partial charge in [-0.2, -0.15) is 0 Å². The summed E-state index contributed by atoms with van der Waals surface area (Å²) in [4.78, 5) is 36.0. The van der Waals surface area contributed by atoms with E-state index in [1.54, 1.807) is 24.3 Å². The molecule has 3 rings (SSSR count). The highest BCUT2D eigenvalue weighted by molar-refractivity contribution is 5.96. The Morgan fingerprint density at radius 2 is 1.46 bits per heavy atom. The van der Waals surface area contributed by atoms with Crippen LogP contribution in [0.4, 0.5) is 11.4 Å². The quantitative estimate of drug-likeness (QED) is 0.674. The van der Waals surface area contributed by atoms with Gasteiger partial charge >= 0.3 is 5.97 Å². The number of nitrogens with one attached hydrogen (secondary N) is 2. The second-order valence-corrected chi connectivity index (χ2v) is 7.57. The number of carboxylic acid groups (broad SMARTS) is 1. The lowest BCUT2D eigenvalue weighted by Gasteiger charge is -2.27. The molecule has 2 aliphatic carbocycles. The number of anilines is 2. The van der Waals surface area contributed by atoms with Crippen molar-refractivity contribution in [2.75, 3.05) is 10.6 Å². The maximum atomic E-state index is 12.4. The summed E-state index contributed by atoms with van der Waals surface area (Å²) < 4.78 is 0. The molecule has 0 atom stereocenters. The molecular formula is C20H26N2O4. The van der Waals surface area contributed by atoms with Gasteiger partial charge in [-0.15, -0.1) is 0 Å². The van der Waals surface area contributed by atoms with Crippen LogP contribution in [0.25, 0.3) is 0 Å². The average Bonchev–Trinajstić information content (AvgIpc) is 3.44. The van der Waals surface area contributed by atoms with E-state index in [2.05, 4.69) is 10.6 Å². The second kappa shape index (κ2) is 7.89. The molecule has 2 aliphatic rings. The number of hydrogen-bond acceptors (Lipinski definition) is 3. The molecule has 140 valence electrons. The van der Waals surface area contributed by atoms with Crippen molar-refractivity contribution in [1.29, 1.82) is 0 Å². The highest BCUT2D eigenvalue weighted by atomic mass is 16.4. The van der Waals surface area contributed by atoms with Crippen LogP contribution < -0.4 is 10.6 Å². The molecule has 0 aromatic heterocycles. The summed E-state index contributed by atoms with van der Waals surface area (Å²) in [6.07, 6.45) is 6.79. The summed E-state index contributed by atoms with van der Waals surface area (Å²) in [6, 6.07) is 6.94. The number of benzene rings is 1. The minimum Gasteiger partial charge on any atom is -0.481 e. The highest BCUT2D eigenvalue weighted by Gasteiger charge is 2.40. The first-order chi connectivity index (χ1) is 12.5. The molecule has 2 amide bonds. The Morgan fingerprint density at radius 1 is 0.923 bits per heavy atom. The molecule has 0 saturated heterocycles. The largest absolute Gasteiger partial charge is 0.481 e. The molecule has 2 saturated carbocycles. The lowest BCUT2D eigenvalue weighted by molar-refractivity contribution is -0.152. The van der Waals surface area contributed by atoms with Crippen molar-refractivity contribution < 1.29 is 19.5 Å². The number of amides is 2. The summed E-state index contributed by atoms with van der Waals surface area (Å²) in [6.45, 7) is 0. The average molecular weight is 358 g/mol. The fraction of sp³-hybridized carbons (Fsp3) is 0.550. The zero-order valence-electron chi connectivity index (χ0n) is 14.9. The Morgan fingerprint density at radius 3 is 1.96 bits per heavy atom. The molecule has 1 aromatic rings. The minimum absolute atomic E-state index is 0.00248. The molecule has 6 nitrogen and oxygen atoms in total. The van der Waals surface area contributed by atoms with E-state index < -0.39 is 11.4 Å². The molecule has 26 heavy (non-hydrogen) atoms. The van der Waals surface area contributed by atoms with E-state index in [0.717, 1.165) is 38.5 Å². The third kappa shape index (κ3) is 4.62. The van der Waals surface area contributed by atoms with Crippen molar-refractivity contribution in [3.8, 4) is 0 Å². The third-order valence-corrected chi connectivity index (χ3v) is 5.40. The van der Waals surface area contributed by atoms with Gasteiger partial charge in [0.2, 0.25) is 11.8 Å². The van der Waals surface area contributed by atoms with Crippen LogP contribution in [0.2, 0.25) is 0 Å². The summed E-state index contributed by atoms with van der Waals surface area (Å²) in [5.41, 5.74) is 0.359. The van der Waals surface area contributed by atoms with E-state index in [1.165, 1.54) is 0 Å². The van der Waals surface area contributed by atoms with Gasteiger partial charge in [-0.1, -0.05) is 25.7 Å². The fourth-order valence-electron chi connectivity index (χ4n) is 3.61. The van der Waals surface area contributed by atoms with Crippen molar-refractivity contribution in [2.24, 2.45) is 11.3 Å². The Balaban J connectivity index is 1.57. The van der Waals surface area contributed by atoms with Crippen LogP contribution in [0, 0.1) is 11.3 Å². The number of carbonyl (C=O) groups excluding carboxylic acids is 2. The van der Waals surface area contributed by atoms with Crippen LogP contribution in [-0.2, 0) is 14.4 Å². The smallest absolute Gasteiger partial charge is 0.310 e. The zero-order valence-corrected chi connectivity index (χ0v) is 14.9. The fourth-order valence-corrected chi connectivity index (χ4v) is 3.61. The molecule has 1 aromatic carbocycles. The number of carbonyl (C=O) groups is 3.